The van der Waals surface area contributed by atoms with Gasteiger partial charge in [-0.3, -0.25) is 4.68 Å². The lowest BCUT2D eigenvalue weighted by molar-refractivity contribution is 0.746. The highest BCUT2D eigenvalue weighted by molar-refractivity contribution is 5.67. The summed E-state index contributed by atoms with van der Waals surface area (Å²) in [7, 11) is 1.88. The first kappa shape index (κ1) is 12.0. The number of nitrogen functional groups attached to an aromatic ring is 1. The van der Waals surface area contributed by atoms with Gasteiger partial charge in [-0.25, -0.2) is 0 Å². The van der Waals surface area contributed by atoms with Crippen molar-refractivity contribution in [2.24, 2.45) is 7.05 Å². The van der Waals surface area contributed by atoms with Gasteiger partial charge in [0, 0.05) is 24.6 Å². The second-order valence-electron chi connectivity index (χ2n) is 4.06. The van der Waals surface area contributed by atoms with Gasteiger partial charge in [0.05, 0.1) is 16.9 Å². The molecule has 0 aliphatic rings. The highest BCUT2D eigenvalue weighted by Gasteiger charge is 2.07. The van der Waals surface area contributed by atoms with Crippen molar-refractivity contribution in [3.8, 4) is 6.07 Å². The largest absolute Gasteiger partial charge is 0.398 e. The maximum atomic E-state index is 8.94. The van der Waals surface area contributed by atoms with E-state index in [1.807, 2.05) is 19.3 Å². The number of nitrogens with one attached hydrogen (secondary N) is 1. The Bertz CT molecular complexity index is 606. The van der Waals surface area contributed by atoms with Crippen LogP contribution < -0.4 is 11.1 Å². The first-order chi connectivity index (χ1) is 8.63. The van der Waals surface area contributed by atoms with Crippen molar-refractivity contribution in [3.05, 3.63) is 35.7 Å². The molecular formula is C13H15N5. The Hall–Kier alpha value is -2.48. The van der Waals surface area contributed by atoms with Gasteiger partial charge >= 0.3 is 0 Å². The van der Waals surface area contributed by atoms with Gasteiger partial charge in [0.25, 0.3) is 0 Å². The lowest BCUT2D eigenvalue weighted by Gasteiger charge is -2.06. The molecule has 0 aliphatic heterocycles. The van der Waals surface area contributed by atoms with Crippen molar-refractivity contribution >= 4 is 17.1 Å². The fourth-order valence-electron chi connectivity index (χ4n) is 1.79. The number of aryl methyl sites for hydroxylation is 2. The lowest BCUT2D eigenvalue weighted by atomic mass is 10.1. The first-order valence-electron chi connectivity index (χ1n) is 5.73. The third kappa shape index (κ3) is 2.28. The number of rotatable bonds is 3. The van der Waals surface area contributed by atoms with Gasteiger partial charge in [0.15, 0.2) is 0 Å². The molecule has 0 aliphatic carbocycles. The molecule has 0 unspecified atom stereocenters. The van der Waals surface area contributed by atoms with Crippen LogP contribution >= 0.6 is 0 Å². The van der Waals surface area contributed by atoms with Crippen LogP contribution in [-0.2, 0) is 13.5 Å². The van der Waals surface area contributed by atoms with Crippen LogP contribution in [0.2, 0.25) is 0 Å². The summed E-state index contributed by atoms with van der Waals surface area (Å²) in [6.07, 6.45) is 2.77. The molecular weight excluding hydrogens is 226 g/mol. The highest BCUT2D eigenvalue weighted by atomic mass is 15.3. The Morgan fingerprint density at radius 2 is 2.28 bits per heavy atom. The van der Waals surface area contributed by atoms with E-state index in [0.717, 1.165) is 23.5 Å². The Morgan fingerprint density at radius 3 is 2.94 bits per heavy atom. The van der Waals surface area contributed by atoms with Gasteiger partial charge in [0.2, 0.25) is 0 Å². The van der Waals surface area contributed by atoms with E-state index in [1.54, 1.807) is 16.8 Å². The minimum Gasteiger partial charge on any atom is -0.398 e. The minimum atomic E-state index is 0.474. The third-order valence-corrected chi connectivity index (χ3v) is 2.69. The zero-order chi connectivity index (χ0) is 13.1. The average Bonchev–Trinajstić information content (AvgIpc) is 2.72. The molecule has 0 radical (unpaired) electrons. The number of nitrogens with two attached hydrogens (primary N) is 1. The molecule has 0 spiro atoms. The quantitative estimate of drug-likeness (QED) is 0.807. The average molecular weight is 241 g/mol. The zero-order valence-electron chi connectivity index (χ0n) is 10.4. The lowest BCUT2D eigenvalue weighted by Crippen LogP contribution is -1.96. The van der Waals surface area contributed by atoms with E-state index in [1.165, 1.54) is 0 Å². The molecule has 2 rings (SSSR count). The molecule has 0 saturated carbocycles. The monoisotopic (exact) mass is 241 g/mol. The molecule has 0 amide bonds. The third-order valence-electron chi connectivity index (χ3n) is 2.69. The van der Waals surface area contributed by atoms with E-state index in [9.17, 15) is 0 Å². The SMILES string of the molecule is CCc1nn(C)cc1Nc1ccc(N)c(C#N)c1. The van der Waals surface area contributed by atoms with Crippen LogP contribution in [0, 0.1) is 11.3 Å². The molecule has 92 valence electrons. The van der Waals surface area contributed by atoms with Gasteiger partial charge in [-0.15, -0.1) is 0 Å². The van der Waals surface area contributed by atoms with E-state index in [-0.39, 0.29) is 0 Å². The standard InChI is InChI=1S/C13H15N5/c1-3-12-13(8-18(2)17-12)16-10-4-5-11(15)9(6-10)7-14/h4-6,8,16H,3,15H2,1-2H3. The number of nitriles is 1. The summed E-state index contributed by atoms with van der Waals surface area (Å²) in [6.45, 7) is 2.05. The van der Waals surface area contributed by atoms with Gasteiger partial charge in [-0.1, -0.05) is 6.92 Å². The van der Waals surface area contributed by atoms with Gasteiger partial charge in [-0.05, 0) is 24.6 Å². The van der Waals surface area contributed by atoms with Crippen LogP contribution in [0.25, 0.3) is 0 Å². The van der Waals surface area contributed by atoms with E-state index < -0.39 is 0 Å². The smallest absolute Gasteiger partial charge is 0.101 e. The summed E-state index contributed by atoms with van der Waals surface area (Å²) >= 11 is 0. The predicted octanol–water partition coefficient (Wildman–Crippen LogP) is 2.18. The molecule has 5 heteroatoms. The fraction of sp³-hybridized carbons (Fsp3) is 0.231. The summed E-state index contributed by atoms with van der Waals surface area (Å²) in [5, 5.41) is 16.5. The molecule has 18 heavy (non-hydrogen) atoms. The van der Waals surface area contributed by atoms with E-state index >= 15 is 0 Å². The van der Waals surface area contributed by atoms with Crippen LogP contribution in [0.1, 0.15) is 18.2 Å². The number of aromatic nitrogens is 2. The van der Waals surface area contributed by atoms with Crippen molar-refractivity contribution in [2.45, 2.75) is 13.3 Å². The van der Waals surface area contributed by atoms with Gasteiger partial charge < -0.3 is 11.1 Å². The number of hydrogen-bond acceptors (Lipinski definition) is 4. The number of nitrogens with zero attached hydrogens (tertiary/aromatic N) is 3. The van der Waals surface area contributed by atoms with E-state index in [2.05, 4.69) is 23.4 Å². The molecule has 0 fully saturated rings. The van der Waals surface area contributed by atoms with Crippen molar-refractivity contribution in [1.82, 2.24) is 9.78 Å². The Balaban J connectivity index is 2.31. The van der Waals surface area contributed by atoms with Crippen LogP contribution in [-0.4, -0.2) is 9.78 Å². The second kappa shape index (κ2) is 4.80. The van der Waals surface area contributed by atoms with Crippen LogP contribution in [0.15, 0.2) is 24.4 Å². The van der Waals surface area contributed by atoms with Crippen molar-refractivity contribution in [2.75, 3.05) is 11.1 Å². The normalized spacial score (nSPS) is 10.1. The molecule has 0 bridgehead atoms. The van der Waals surface area contributed by atoms with Crippen LogP contribution in [0.5, 0.6) is 0 Å². The Labute approximate surface area is 106 Å². The summed E-state index contributed by atoms with van der Waals surface area (Å²) in [6, 6.07) is 7.38. The molecule has 1 aromatic carbocycles. The van der Waals surface area contributed by atoms with Crippen molar-refractivity contribution in [1.29, 1.82) is 5.26 Å². The predicted molar refractivity (Wildman–Crippen MR) is 71.4 cm³/mol. The second-order valence-corrected chi connectivity index (χ2v) is 4.06. The number of hydrogen-bond donors (Lipinski definition) is 2. The molecule has 1 aromatic heterocycles. The first-order valence-corrected chi connectivity index (χ1v) is 5.73. The summed E-state index contributed by atoms with van der Waals surface area (Å²) in [5.41, 5.74) is 9.43. The van der Waals surface area contributed by atoms with Gasteiger partial charge in [0.1, 0.15) is 6.07 Å². The molecule has 1 heterocycles. The number of anilines is 3. The molecule has 5 nitrogen and oxygen atoms in total. The summed E-state index contributed by atoms with van der Waals surface area (Å²) in [5.74, 6) is 0. The van der Waals surface area contributed by atoms with Crippen molar-refractivity contribution < 1.29 is 0 Å². The van der Waals surface area contributed by atoms with Crippen LogP contribution in [0.3, 0.4) is 0 Å². The van der Waals surface area contributed by atoms with Gasteiger partial charge in [-0.2, -0.15) is 10.4 Å². The van der Waals surface area contributed by atoms with Crippen LogP contribution in [0.4, 0.5) is 17.1 Å². The Kier molecular flexibility index (Phi) is 3.20. The molecule has 0 atom stereocenters. The fourth-order valence-corrected chi connectivity index (χ4v) is 1.79. The topological polar surface area (TPSA) is 79.7 Å². The Morgan fingerprint density at radius 1 is 1.50 bits per heavy atom. The number of benzene rings is 1. The maximum absolute atomic E-state index is 8.94. The maximum Gasteiger partial charge on any atom is 0.101 e. The van der Waals surface area contributed by atoms with E-state index in [0.29, 0.717) is 11.3 Å². The zero-order valence-corrected chi connectivity index (χ0v) is 10.4. The molecule has 0 saturated heterocycles. The molecule has 3 N–H and O–H groups in total. The van der Waals surface area contributed by atoms with E-state index in [4.69, 9.17) is 11.0 Å². The highest BCUT2D eigenvalue weighted by Crippen LogP contribution is 2.23. The minimum absolute atomic E-state index is 0.474. The molecule has 2 aromatic rings. The van der Waals surface area contributed by atoms with Crippen molar-refractivity contribution in [3.63, 3.8) is 0 Å². The summed E-state index contributed by atoms with van der Waals surface area (Å²) in [4.78, 5) is 0. The summed E-state index contributed by atoms with van der Waals surface area (Å²) < 4.78 is 1.77.